The molecule has 3 rings (SSSR count). The van der Waals surface area contributed by atoms with Crippen LogP contribution in [0, 0.1) is 6.92 Å². The van der Waals surface area contributed by atoms with Crippen molar-refractivity contribution in [1.82, 2.24) is 15.6 Å². The smallest absolute Gasteiger partial charge is 0.251 e. The third-order valence-electron chi connectivity index (χ3n) is 4.30. The van der Waals surface area contributed by atoms with Gasteiger partial charge in [0.1, 0.15) is 0 Å². The Labute approximate surface area is 158 Å². The Balaban J connectivity index is 1.47. The van der Waals surface area contributed by atoms with Crippen LogP contribution in [-0.4, -0.2) is 23.2 Å². The predicted octanol–water partition coefficient (Wildman–Crippen LogP) is 3.09. The molecule has 26 heavy (non-hydrogen) atoms. The summed E-state index contributed by atoms with van der Waals surface area (Å²) in [6.45, 7) is 3.42. The van der Waals surface area contributed by atoms with Gasteiger partial charge in [-0.1, -0.05) is 42.5 Å². The van der Waals surface area contributed by atoms with E-state index >= 15 is 0 Å². The number of rotatable bonds is 6. The molecule has 0 atom stereocenters. The highest BCUT2D eigenvalue weighted by molar-refractivity contribution is 7.80. The molecule has 4 nitrogen and oxygen atoms in total. The van der Waals surface area contributed by atoms with Crippen molar-refractivity contribution in [2.75, 3.05) is 13.1 Å². The minimum atomic E-state index is -0.0344. The van der Waals surface area contributed by atoms with Crippen LogP contribution < -0.4 is 16.2 Å². The summed E-state index contributed by atoms with van der Waals surface area (Å²) in [5.74, 6) is 0. The van der Waals surface area contributed by atoms with Gasteiger partial charge in [0.25, 0.3) is 5.56 Å². The first-order valence-electron chi connectivity index (χ1n) is 8.80. The van der Waals surface area contributed by atoms with Gasteiger partial charge >= 0.3 is 0 Å². The third kappa shape index (κ3) is 4.92. The summed E-state index contributed by atoms with van der Waals surface area (Å²) in [4.78, 5) is 15.2. The number of aromatic nitrogens is 1. The van der Waals surface area contributed by atoms with Gasteiger partial charge in [-0.3, -0.25) is 4.79 Å². The van der Waals surface area contributed by atoms with Crippen molar-refractivity contribution in [2.24, 2.45) is 0 Å². The average molecular weight is 366 g/mol. The number of hydrogen-bond acceptors (Lipinski definition) is 2. The lowest BCUT2D eigenvalue weighted by Gasteiger charge is -2.10. The van der Waals surface area contributed by atoms with Crippen molar-refractivity contribution in [3.63, 3.8) is 0 Å². The second-order valence-corrected chi connectivity index (χ2v) is 6.79. The molecule has 0 bridgehead atoms. The molecule has 3 aromatic rings. The summed E-state index contributed by atoms with van der Waals surface area (Å²) in [7, 11) is 0. The van der Waals surface area contributed by atoms with E-state index in [-0.39, 0.29) is 5.56 Å². The Morgan fingerprint density at radius 3 is 2.50 bits per heavy atom. The summed E-state index contributed by atoms with van der Waals surface area (Å²) in [5, 5.41) is 8.04. The molecule has 0 saturated heterocycles. The molecule has 0 aliphatic heterocycles. The Bertz CT molecular complexity index is 950. The van der Waals surface area contributed by atoms with E-state index in [4.69, 9.17) is 12.2 Å². The van der Waals surface area contributed by atoms with E-state index in [1.54, 1.807) is 0 Å². The number of thiocarbonyl (C=S) groups is 1. The molecule has 0 saturated carbocycles. The van der Waals surface area contributed by atoms with Crippen LogP contribution in [0.25, 0.3) is 10.9 Å². The standard InChI is InChI=1S/C21H23N3OS/c1-15-7-8-17-14-18(20(25)24-19(17)13-15)10-12-23-21(26)22-11-9-16-5-3-2-4-6-16/h2-8,13-14H,9-12H2,1H3,(H,24,25)(H2,22,23,26). The minimum Gasteiger partial charge on any atom is -0.362 e. The second-order valence-electron chi connectivity index (χ2n) is 6.38. The maximum atomic E-state index is 12.2. The zero-order chi connectivity index (χ0) is 18.4. The monoisotopic (exact) mass is 365 g/mol. The highest BCUT2D eigenvalue weighted by atomic mass is 32.1. The predicted molar refractivity (Wildman–Crippen MR) is 112 cm³/mol. The van der Waals surface area contributed by atoms with Crippen molar-refractivity contribution in [3.05, 3.63) is 81.6 Å². The minimum absolute atomic E-state index is 0.0344. The first kappa shape index (κ1) is 18.1. The number of aromatic amines is 1. The maximum absolute atomic E-state index is 12.2. The summed E-state index contributed by atoms with van der Waals surface area (Å²) in [5.41, 5.74) is 4.02. The van der Waals surface area contributed by atoms with Gasteiger partial charge in [-0.2, -0.15) is 0 Å². The number of hydrogen-bond donors (Lipinski definition) is 3. The molecule has 0 aliphatic carbocycles. The van der Waals surface area contributed by atoms with Crippen LogP contribution in [0.1, 0.15) is 16.7 Å². The van der Waals surface area contributed by atoms with Crippen molar-refractivity contribution in [1.29, 1.82) is 0 Å². The van der Waals surface area contributed by atoms with Crippen molar-refractivity contribution < 1.29 is 0 Å². The molecule has 2 aromatic carbocycles. The van der Waals surface area contributed by atoms with Gasteiger partial charge in [0.05, 0.1) is 0 Å². The number of H-pyrrole nitrogens is 1. The number of fused-ring (bicyclic) bond motifs is 1. The zero-order valence-corrected chi connectivity index (χ0v) is 15.7. The molecule has 0 amide bonds. The van der Waals surface area contributed by atoms with Gasteiger partial charge in [-0.15, -0.1) is 0 Å². The van der Waals surface area contributed by atoms with Gasteiger partial charge in [0, 0.05) is 24.2 Å². The van der Waals surface area contributed by atoms with Crippen LogP contribution in [-0.2, 0) is 12.8 Å². The Morgan fingerprint density at radius 1 is 1.00 bits per heavy atom. The van der Waals surface area contributed by atoms with E-state index in [0.29, 0.717) is 18.1 Å². The molecule has 0 fully saturated rings. The largest absolute Gasteiger partial charge is 0.362 e. The summed E-state index contributed by atoms with van der Waals surface area (Å²) in [6.07, 6.45) is 1.55. The third-order valence-corrected chi connectivity index (χ3v) is 4.59. The average Bonchev–Trinajstić information content (AvgIpc) is 2.63. The van der Waals surface area contributed by atoms with Gasteiger partial charge in [-0.05, 0) is 60.6 Å². The van der Waals surface area contributed by atoms with E-state index < -0.39 is 0 Å². The molecule has 0 radical (unpaired) electrons. The van der Waals surface area contributed by atoms with Gasteiger partial charge in [-0.25, -0.2) is 0 Å². The number of benzene rings is 2. The first-order valence-corrected chi connectivity index (χ1v) is 9.21. The maximum Gasteiger partial charge on any atom is 0.251 e. The molecule has 5 heteroatoms. The SMILES string of the molecule is Cc1ccc2cc(CCNC(=S)NCCc3ccccc3)c(=O)[nH]c2c1. The van der Waals surface area contributed by atoms with Crippen LogP contribution in [0.3, 0.4) is 0 Å². The number of aryl methyl sites for hydroxylation is 1. The molecule has 0 aliphatic rings. The Hall–Kier alpha value is -2.66. The molecule has 1 aromatic heterocycles. The van der Waals surface area contributed by atoms with Gasteiger partial charge < -0.3 is 15.6 Å². The fourth-order valence-electron chi connectivity index (χ4n) is 2.88. The summed E-state index contributed by atoms with van der Waals surface area (Å²) in [6, 6.07) is 18.3. The van der Waals surface area contributed by atoms with Gasteiger partial charge in [0.15, 0.2) is 5.11 Å². The van der Waals surface area contributed by atoms with Gasteiger partial charge in [0.2, 0.25) is 0 Å². The normalized spacial score (nSPS) is 10.7. The molecule has 0 unspecified atom stereocenters. The molecule has 1 heterocycles. The van der Waals surface area contributed by atoms with E-state index in [1.807, 2.05) is 43.3 Å². The first-order chi connectivity index (χ1) is 12.6. The number of nitrogens with one attached hydrogen (secondary N) is 3. The van der Waals surface area contributed by atoms with Crippen molar-refractivity contribution in [3.8, 4) is 0 Å². The molecule has 3 N–H and O–H groups in total. The van der Waals surface area contributed by atoms with Crippen molar-refractivity contribution >= 4 is 28.2 Å². The molecular formula is C21H23N3OS. The lowest BCUT2D eigenvalue weighted by Crippen LogP contribution is -2.37. The Kier molecular flexibility index (Phi) is 6.02. The second kappa shape index (κ2) is 8.63. The summed E-state index contributed by atoms with van der Waals surface area (Å²) >= 11 is 5.30. The van der Waals surface area contributed by atoms with Crippen LogP contribution in [0.4, 0.5) is 0 Å². The lowest BCUT2D eigenvalue weighted by molar-refractivity contribution is 0.799. The van der Waals surface area contributed by atoms with E-state index in [0.717, 1.165) is 35.0 Å². The topological polar surface area (TPSA) is 56.9 Å². The highest BCUT2D eigenvalue weighted by Crippen LogP contribution is 2.13. The summed E-state index contributed by atoms with van der Waals surface area (Å²) < 4.78 is 0. The Morgan fingerprint density at radius 2 is 1.73 bits per heavy atom. The van der Waals surface area contributed by atoms with Crippen LogP contribution in [0.15, 0.2) is 59.4 Å². The quantitative estimate of drug-likeness (QED) is 0.588. The fourth-order valence-corrected chi connectivity index (χ4v) is 3.09. The highest BCUT2D eigenvalue weighted by Gasteiger charge is 2.04. The molecule has 134 valence electrons. The molecule has 0 spiro atoms. The number of pyridine rings is 1. The zero-order valence-electron chi connectivity index (χ0n) is 14.8. The lowest BCUT2D eigenvalue weighted by atomic mass is 10.1. The van der Waals surface area contributed by atoms with Crippen molar-refractivity contribution in [2.45, 2.75) is 19.8 Å². The van der Waals surface area contributed by atoms with E-state index in [9.17, 15) is 4.79 Å². The fraction of sp³-hybridized carbons (Fsp3) is 0.238. The van der Waals surface area contributed by atoms with Crippen LogP contribution in [0.2, 0.25) is 0 Å². The van der Waals surface area contributed by atoms with E-state index in [2.05, 4.69) is 33.8 Å². The van der Waals surface area contributed by atoms with Crippen LogP contribution >= 0.6 is 12.2 Å². The van der Waals surface area contributed by atoms with E-state index in [1.165, 1.54) is 5.56 Å². The molecular weight excluding hydrogens is 342 g/mol. The van der Waals surface area contributed by atoms with Crippen LogP contribution in [0.5, 0.6) is 0 Å².